The minimum Gasteiger partial charge on any atom is -0.311 e. The number of anilines is 1. The van der Waals surface area contributed by atoms with Crippen LogP contribution in [0.1, 0.15) is 11.1 Å². The Balaban J connectivity index is 2.15. The van der Waals surface area contributed by atoms with Crippen molar-refractivity contribution in [2.24, 2.45) is 0 Å². The maximum atomic E-state index is 13.2. The third kappa shape index (κ3) is 2.85. The average Bonchev–Trinajstić information content (AvgIpc) is 2.77. The molecule has 7 nitrogen and oxygen atoms in total. The number of para-hydroxylation sites is 1. The lowest BCUT2D eigenvalue weighted by Crippen LogP contribution is -2.35. The van der Waals surface area contributed by atoms with Crippen LogP contribution in [0.5, 0.6) is 0 Å². The molecule has 0 fully saturated rings. The predicted octanol–water partition coefficient (Wildman–Crippen LogP) is 2.20. The third-order valence-corrected chi connectivity index (χ3v) is 5.97. The van der Waals surface area contributed by atoms with Crippen LogP contribution in [0, 0.1) is 17.0 Å². The molecule has 0 aliphatic carbocycles. The van der Waals surface area contributed by atoms with Gasteiger partial charge in [0, 0.05) is 31.8 Å². The standard InChI is InChI=1S/C16H17N3O4S/c1-12-6-7-14(19(20)21)10-16(12)24(22,23)18-9-8-17-11-13-4-2-3-5-15(13)18/h2-7,10,17H,8-9,11H2,1H3. The molecule has 1 aliphatic rings. The van der Waals surface area contributed by atoms with E-state index in [4.69, 9.17) is 0 Å². The van der Waals surface area contributed by atoms with Crippen LogP contribution in [0.3, 0.4) is 0 Å². The van der Waals surface area contributed by atoms with E-state index in [9.17, 15) is 18.5 Å². The van der Waals surface area contributed by atoms with E-state index in [1.54, 1.807) is 19.1 Å². The summed E-state index contributed by atoms with van der Waals surface area (Å²) in [4.78, 5) is 10.4. The molecule has 1 aliphatic heterocycles. The summed E-state index contributed by atoms with van der Waals surface area (Å²) >= 11 is 0. The third-order valence-electron chi connectivity index (χ3n) is 4.02. The number of nitrogens with zero attached hydrogens (tertiary/aromatic N) is 2. The van der Waals surface area contributed by atoms with Crippen molar-refractivity contribution < 1.29 is 13.3 Å². The molecule has 0 saturated carbocycles. The summed E-state index contributed by atoms with van der Waals surface area (Å²) in [6, 6.07) is 11.2. The number of sulfonamides is 1. The molecule has 0 radical (unpaired) electrons. The van der Waals surface area contributed by atoms with Crippen LogP contribution < -0.4 is 9.62 Å². The molecule has 0 bridgehead atoms. The van der Waals surface area contributed by atoms with Crippen molar-refractivity contribution in [1.82, 2.24) is 5.32 Å². The second-order valence-electron chi connectivity index (χ2n) is 5.59. The minimum absolute atomic E-state index is 0.0339. The van der Waals surface area contributed by atoms with Crippen LogP contribution in [0.4, 0.5) is 11.4 Å². The number of nitrogens with one attached hydrogen (secondary N) is 1. The Kier molecular flexibility index (Phi) is 4.25. The van der Waals surface area contributed by atoms with Crippen LogP contribution in [0.2, 0.25) is 0 Å². The van der Waals surface area contributed by atoms with Gasteiger partial charge in [-0.1, -0.05) is 24.3 Å². The van der Waals surface area contributed by atoms with E-state index in [-0.39, 0.29) is 17.1 Å². The van der Waals surface area contributed by atoms with Gasteiger partial charge in [-0.2, -0.15) is 0 Å². The molecule has 1 heterocycles. The van der Waals surface area contributed by atoms with Gasteiger partial charge in [0.2, 0.25) is 0 Å². The van der Waals surface area contributed by atoms with Crippen LogP contribution in [0.15, 0.2) is 47.4 Å². The van der Waals surface area contributed by atoms with Gasteiger partial charge in [-0.05, 0) is 24.1 Å². The summed E-state index contributed by atoms with van der Waals surface area (Å²) < 4.78 is 27.7. The van der Waals surface area contributed by atoms with E-state index in [0.717, 1.165) is 11.6 Å². The fourth-order valence-corrected chi connectivity index (χ4v) is 4.53. The van der Waals surface area contributed by atoms with Gasteiger partial charge in [-0.15, -0.1) is 0 Å². The zero-order chi connectivity index (χ0) is 17.3. The zero-order valence-electron chi connectivity index (χ0n) is 13.1. The van der Waals surface area contributed by atoms with Gasteiger partial charge >= 0.3 is 0 Å². The van der Waals surface area contributed by atoms with E-state index in [0.29, 0.717) is 24.3 Å². The molecule has 126 valence electrons. The number of rotatable bonds is 3. The summed E-state index contributed by atoms with van der Waals surface area (Å²) in [6.45, 7) is 2.98. The summed E-state index contributed by atoms with van der Waals surface area (Å²) in [6.07, 6.45) is 0. The molecule has 0 spiro atoms. The van der Waals surface area contributed by atoms with Gasteiger partial charge < -0.3 is 5.32 Å². The van der Waals surface area contributed by atoms with Crippen molar-refractivity contribution in [3.05, 3.63) is 63.7 Å². The lowest BCUT2D eigenvalue weighted by molar-refractivity contribution is -0.385. The predicted molar refractivity (Wildman–Crippen MR) is 90.5 cm³/mol. The molecule has 2 aromatic carbocycles. The number of non-ortho nitro benzene ring substituents is 1. The summed E-state index contributed by atoms with van der Waals surface area (Å²) in [5, 5.41) is 14.2. The van der Waals surface area contributed by atoms with E-state index < -0.39 is 14.9 Å². The lowest BCUT2D eigenvalue weighted by atomic mass is 10.2. The molecule has 0 saturated heterocycles. The molecule has 0 aromatic heterocycles. The van der Waals surface area contributed by atoms with Crippen LogP contribution in [-0.2, 0) is 16.6 Å². The number of nitro benzene ring substituents is 1. The van der Waals surface area contributed by atoms with Gasteiger partial charge in [0.15, 0.2) is 0 Å². The monoisotopic (exact) mass is 347 g/mol. The summed E-state index contributed by atoms with van der Waals surface area (Å²) in [7, 11) is -3.90. The smallest absolute Gasteiger partial charge is 0.270 e. The Morgan fingerprint density at radius 2 is 1.96 bits per heavy atom. The van der Waals surface area contributed by atoms with Gasteiger partial charge in [0.1, 0.15) is 0 Å². The molecular formula is C16H17N3O4S. The molecule has 0 unspecified atom stereocenters. The van der Waals surface area contributed by atoms with Crippen LogP contribution in [-0.4, -0.2) is 26.4 Å². The molecule has 0 amide bonds. The molecule has 0 atom stereocenters. The minimum atomic E-state index is -3.90. The number of fused-ring (bicyclic) bond motifs is 1. The number of hydrogen-bond donors (Lipinski definition) is 1. The number of hydrogen-bond acceptors (Lipinski definition) is 5. The Bertz CT molecular complexity index is 896. The van der Waals surface area contributed by atoms with Crippen molar-refractivity contribution in [3.63, 3.8) is 0 Å². The van der Waals surface area contributed by atoms with E-state index >= 15 is 0 Å². The number of aryl methyl sites for hydroxylation is 1. The maximum absolute atomic E-state index is 13.2. The molecule has 24 heavy (non-hydrogen) atoms. The van der Waals surface area contributed by atoms with Gasteiger partial charge in [0.25, 0.3) is 15.7 Å². The highest BCUT2D eigenvalue weighted by atomic mass is 32.2. The highest BCUT2D eigenvalue weighted by Gasteiger charge is 2.30. The van der Waals surface area contributed by atoms with E-state index in [1.807, 2.05) is 12.1 Å². The van der Waals surface area contributed by atoms with Gasteiger partial charge in [0.05, 0.1) is 15.5 Å². The average molecular weight is 347 g/mol. The van der Waals surface area contributed by atoms with Gasteiger partial charge in [-0.25, -0.2) is 8.42 Å². The number of nitro groups is 1. The van der Waals surface area contributed by atoms with Gasteiger partial charge in [-0.3, -0.25) is 14.4 Å². The van der Waals surface area contributed by atoms with E-state index in [1.165, 1.54) is 16.4 Å². The molecule has 2 aromatic rings. The molecule has 1 N–H and O–H groups in total. The lowest BCUT2D eigenvalue weighted by Gasteiger charge is -2.24. The van der Waals surface area contributed by atoms with Crippen LogP contribution in [0.25, 0.3) is 0 Å². The molecule has 3 rings (SSSR count). The second kappa shape index (κ2) is 6.21. The zero-order valence-corrected chi connectivity index (χ0v) is 13.9. The Hall–Kier alpha value is -2.45. The largest absolute Gasteiger partial charge is 0.311 e. The first-order valence-corrected chi connectivity index (χ1v) is 8.91. The quantitative estimate of drug-likeness (QED) is 0.679. The topological polar surface area (TPSA) is 92.5 Å². The Labute approximate surface area is 140 Å². The first-order valence-electron chi connectivity index (χ1n) is 7.47. The van der Waals surface area contributed by atoms with E-state index in [2.05, 4.69) is 5.32 Å². The fraction of sp³-hybridized carbons (Fsp3) is 0.250. The summed E-state index contributed by atoms with van der Waals surface area (Å²) in [5.41, 5.74) is 1.73. The van der Waals surface area contributed by atoms with Crippen molar-refractivity contribution in [3.8, 4) is 0 Å². The maximum Gasteiger partial charge on any atom is 0.270 e. The number of benzene rings is 2. The first kappa shape index (κ1) is 16.4. The molecular weight excluding hydrogens is 330 g/mol. The Morgan fingerprint density at radius 3 is 2.71 bits per heavy atom. The highest BCUT2D eigenvalue weighted by Crippen LogP contribution is 2.31. The molecule has 8 heteroatoms. The van der Waals surface area contributed by atoms with Crippen LogP contribution >= 0.6 is 0 Å². The first-order chi connectivity index (χ1) is 11.4. The van der Waals surface area contributed by atoms with Crippen molar-refractivity contribution in [2.75, 3.05) is 17.4 Å². The second-order valence-corrected chi connectivity index (χ2v) is 7.42. The van der Waals surface area contributed by atoms with Crippen molar-refractivity contribution in [2.45, 2.75) is 18.4 Å². The normalized spacial score (nSPS) is 14.8. The van der Waals surface area contributed by atoms with Crippen molar-refractivity contribution >= 4 is 21.4 Å². The summed E-state index contributed by atoms with van der Waals surface area (Å²) in [5.74, 6) is 0. The SMILES string of the molecule is Cc1ccc([N+](=O)[O-])cc1S(=O)(=O)N1CCNCc2ccccc21. The Morgan fingerprint density at radius 1 is 1.21 bits per heavy atom. The fourth-order valence-electron chi connectivity index (χ4n) is 2.78. The highest BCUT2D eigenvalue weighted by molar-refractivity contribution is 7.92. The van der Waals surface area contributed by atoms with Crippen molar-refractivity contribution in [1.29, 1.82) is 0 Å².